The molecule has 0 saturated carbocycles. The van der Waals surface area contributed by atoms with Crippen molar-refractivity contribution in [2.45, 2.75) is 12.8 Å². The fourth-order valence-electron chi connectivity index (χ4n) is 1.42. The van der Waals surface area contributed by atoms with E-state index in [1.165, 1.54) is 0 Å². The molecule has 0 aliphatic rings. The molecular weight excluding hydrogens is 266 g/mol. The van der Waals surface area contributed by atoms with E-state index in [0.29, 0.717) is 18.1 Å². The zero-order chi connectivity index (χ0) is 14.1. The van der Waals surface area contributed by atoms with E-state index in [9.17, 15) is 9.59 Å². The summed E-state index contributed by atoms with van der Waals surface area (Å²) in [6, 6.07) is 8.87. The third-order valence-electron chi connectivity index (χ3n) is 2.32. The van der Waals surface area contributed by atoms with Gasteiger partial charge in [0.15, 0.2) is 0 Å². The second kappa shape index (κ2) is 8.11. The van der Waals surface area contributed by atoms with E-state index in [1.54, 1.807) is 24.3 Å². The number of nitriles is 1. The van der Waals surface area contributed by atoms with Crippen LogP contribution < -0.4 is 10.6 Å². The molecule has 0 heterocycles. The third-order valence-corrected chi connectivity index (χ3v) is 2.69. The molecule has 2 N–H and O–H groups in total. The molecule has 2 amide bonds. The zero-order valence-corrected chi connectivity index (χ0v) is 11.0. The van der Waals surface area contributed by atoms with Crippen LogP contribution in [0.1, 0.15) is 12.0 Å². The van der Waals surface area contributed by atoms with Crippen molar-refractivity contribution < 1.29 is 9.59 Å². The molecule has 0 aliphatic heterocycles. The van der Waals surface area contributed by atoms with E-state index < -0.39 is 0 Å². The lowest BCUT2D eigenvalue weighted by molar-refractivity contribution is -0.122. The quantitative estimate of drug-likeness (QED) is 0.763. The van der Waals surface area contributed by atoms with E-state index in [0.717, 1.165) is 5.56 Å². The number of carbonyl (C=O) groups is 2. The molecule has 1 aromatic carbocycles. The summed E-state index contributed by atoms with van der Waals surface area (Å²) < 4.78 is 0. The first-order valence-electron chi connectivity index (χ1n) is 5.77. The number of benzene rings is 1. The Bertz CT molecular complexity index is 497. The molecule has 6 heteroatoms. The van der Waals surface area contributed by atoms with Crippen LogP contribution in [0.3, 0.4) is 0 Å². The highest BCUT2D eigenvalue weighted by molar-refractivity contribution is 6.31. The molecule has 0 atom stereocenters. The number of hydrogen-bond donors (Lipinski definition) is 2. The Morgan fingerprint density at radius 2 is 1.79 bits per heavy atom. The van der Waals surface area contributed by atoms with Crippen molar-refractivity contribution in [3.05, 3.63) is 34.9 Å². The molecule has 19 heavy (non-hydrogen) atoms. The van der Waals surface area contributed by atoms with Gasteiger partial charge in [-0.1, -0.05) is 29.8 Å². The van der Waals surface area contributed by atoms with Gasteiger partial charge in [0.05, 0.1) is 12.5 Å². The topological polar surface area (TPSA) is 82.0 Å². The lowest BCUT2D eigenvalue weighted by Gasteiger charge is -2.07. The first-order valence-corrected chi connectivity index (χ1v) is 6.15. The predicted octanol–water partition coefficient (Wildman–Crippen LogP) is 1.03. The summed E-state index contributed by atoms with van der Waals surface area (Å²) in [5.41, 5.74) is 0.759. The molecule has 0 spiro atoms. The minimum absolute atomic E-state index is 0.164. The first kappa shape index (κ1) is 15.0. The molecule has 0 unspecified atom stereocenters. The average Bonchev–Trinajstić information content (AvgIpc) is 2.38. The number of nitrogens with zero attached hydrogens (tertiary/aromatic N) is 1. The lowest BCUT2D eigenvalue weighted by atomic mass is 10.1. The molecule has 0 fully saturated rings. The molecule has 1 rings (SSSR count). The van der Waals surface area contributed by atoms with Crippen molar-refractivity contribution in [1.29, 1.82) is 5.26 Å². The van der Waals surface area contributed by atoms with Gasteiger partial charge in [0.2, 0.25) is 11.8 Å². The van der Waals surface area contributed by atoms with Gasteiger partial charge in [-0.2, -0.15) is 5.26 Å². The normalized spacial score (nSPS) is 9.47. The average molecular weight is 280 g/mol. The lowest BCUT2D eigenvalue weighted by Crippen LogP contribution is -2.35. The largest absolute Gasteiger partial charge is 0.354 e. The highest BCUT2D eigenvalue weighted by Gasteiger charge is 2.06. The van der Waals surface area contributed by atoms with Crippen molar-refractivity contribution in [3.8, 4) is 6.07 Å². The molecule has 0 radical (unpaired) electrons. The summed E-state index contributed by atoms with van der Waals surface area (Å²) in [5.74, 6) is -0.509. The minimum Gasteiger partial charge on any atom is -0.354 e. The smallest absolute Gasteiger partial charge is 0.234 e. The number of carbonyl (C=O) groups excluding carboxylic acids is 2. The zero-order valence-electron chi connectivity index (χ0n) is 10.3. The Labute approximate surface area is 116 Å². The minimum atomic E-state index is -0.345. The molecule has 0 aliphatic carbocycles. The molecule has 100 valence electrons. The van der Waals surface area contributed by atoms with Gasteiger partial charge >= 0.3 is 0 Å². The van der Waals surface area contributed by atoms with Crippen LogP contribution in [0.2, 0.25) is 5.02 Å². The van der Waals surface area contributed by atoms with Crippen molar-refractivity contribution in [1.82, 2.24) is 10.6 Å². The molecule has 5 nitrogen and oxygen atoms in total. The summed E-state index contributed by atoms with van der Waals surface area (Å²) in [6.07, 6.45) is 0.0272. The Balaban J connectivity index is 2.24. The van der Waals surface area contributed by atoms with Crippen LogP contribution in [0.15, 0.2) is 24.3 Å². The predicted molar refractivity (Wildman–Crippen MR) is 71.4 cm³/mol. The highest BCUT2D eigenvalue weighted by Crippen LogP contribution is 2.14. The first-order chi connectivity index (χ1) is 9.13. The van der Waals surface area contributed by atoms with E-state index in [2.05, 4.69) is 10.6 Å². The second-order valence-corrected chi connectivity index (χ2v) is 4.21. The summed E-state index contributed by atoms with van der Waals surface area (Å²) in [7, 11) is 0. The fourth-order valence-corrected chi connectivity index (χ4v) is 1.62. The van der Waals surface area contributed by atoms with Gasteiger partial charge in [-0.05, 0) is 11.6 Å². The Hall–Kier alpha value is -2.06. The van der Waals surface area contributed by atoms with Crippen LogP contribution in [0.25, 0.3) is 0 Å². The Morgan fingerprint density at radius 1 is 1.16 bits per heavy atom. The molecule has 1 aromatic rings. The van der Waals surface area contributed by atoms with Gasteiger partial charge in [-0.25, -0.2) is 0 Å². The molecule has 0 aromatic heterocycles. The van der Waals surface area contributed by atoms with Crippen LogP contribution in [0.4, 0.5) is 0 Å². The van der Waals surface area contributed by atoms with Crippen molar-refractivity contribution in [2.75, 3.05) is 13.1 Å². The summed E-state index contributed by atoms with van der Waals surface area (Å²) in [5, 5.41) is 14.0. The number of nitrogens with one attached hydrogen (secondary N) is 2. The summed E-state index contributed by atoms with van der Waals surface area (Å²) in [4.78, 5) is 22.6. The van der Waals surface area contributed by atoms with E-state index in [-0.39, 0.29) is 24.7 Å². The fraction of sp³-hybridized carbons (Fsp3) is 0.308. The van der Waals surface area contributed by atoms with Crippen LogP contribution in [0.5, 0.6) is 0 Å². The van der Waals surface area contributed by atoms with Crippen LogP contribution in [-0.2, 0) is 16.0 Å². The van der Waals surface area contributed by atoms with Gasteiger partial charge in [0.25, 0.3) is 0 Å². The van der Waals surface area contributed by atoms with Crippen LogP contribution >= 0.6 is 11.6 Å². The number of amides is 2. The number of halogens is 1. The Kier molecular flexibility index (Phi) is 6.41. The van der Waals surface area contributed by atoms with Gasteiger partial charge in [0, 0.05) is 18.1 Å². The monoisotopic (exact) mass is 279 g/mol. The highest BCUT2D eigenvalue weighted by atomic mass is 35.5. The second-order valence-electron chi connectivity index (χ2n) is 3.80. The van der Waals surface area contributed by atoms with Crippen LogP contribution in [-0.4, -0.2) is 24.9 Å². The Morgan fingerprint density at radius 3 is 2.42 bits per heavy atom. The maximum absolute atomic E-state index is 11.6. The molecular formula is C13H14ClN3O2. The van der Waals surface area contributed by atoms with E-state index >= 15 is 0 Å². The maximum Gasteiger partial charge on any atom is 0.234 e. The van der Waals surface area contributed by atoms with E-state index in [1.807, 2.05) is 6.07 Å². The van der Waals surface area contributed by atoms with Gasteiger partial charge in [0.1, 0.15) is 6.42 Å². The van der Waals surface area contributed by atoms with Gasteiger partial charge < -0.3 is 10.6 Å². The molecule has 0 bridgehead atoms. The van der Waals surface area contributed by atoms with E-state index in [4.69, 9.17) is 16.9 Å². The standard InChI is InChI=1S/C13H14ClN3O2/c14-11-4-2-1-3-10(11)9-13(19)17-8-7-16-12(18)5-6-15/h1-4H,5,7-9H2,(H,16,18)(H,17,19). The number of hydrogen-bond acceptors (Lipinski definition) is 3. The number of rotatable bonds is 6. The van der Waals surface area contributed by atoms with Crippen molar-refractivity contribution in [2.24, 2.45) is 0 Å². The van der Waals surface area contributed by atoms with Crippen molar-refractivity contribution >= 4 is 23.4 Å². The third kappa shape index (κ3) is 5.89. The van der Waals surface area contributed by atoms with Gasteiger partial charge in [-0.15, -0.1) is 0 Å². The van der Waals surface area contributed by atoms with Gasteiger partial charge in [-0.3, -0.25) is 9.59 Å². The SMILES string of the molecule is N#CCC(=O)NCCNC(=O)Cc1ccccc1Cl. The van der Waals surface area contributed by atoms with Crippen LogP contribution in [0, 0.1) is 11.3 Å². The maximum atomic E-state index is 11.6. The summed E-state index contributed by atoms with van der Waals surface area (Å²) >= 11 is 5.94. The summed E-state index contributed by atoms with van der Waals surface area (Å²) in [6.45, 7) is 0.620. The molecule has 0 saturated heterocycles. The van der Waals surface area contributed by atoms with Crippen molar-refractivity contribution in [3.63, 3.8) is 0 Å².